The highest BCUT2D eigenvalue weighted by Gasteiger charge is 2.61. The summed E-state index contributed by atoms with van der Waals surface area (Å²) in [7, 11) is 0. The van der Waals surface area contributed by atoms with Crippen LogP contribution in [-0.2, 0) is 11.3 Å². The average molecular weight is 482 g/mol. The van der Waals surface area contributed by atoms with Crippen molar-refractivity contribution < 1.29 is 9.90 Å². The third-order valence-electron chi connectivity index (χ3n) is 11.1. The van der Waals surface area contributed by atoms with Crippen molar-refractivity contribution >= 4 is 29.4 Å². The maximum Gasteiger partial charge on any atom is 0.157 e. The fourth-order valence-electron chi connectivity index (χ4n) is 9.30. The molecule has 6 rings (SSSR count). The molecule has 6 heteroatoms. The zero-order valence-electron chi connectivity index (χ0n) is 20.8. The van der Waals surface area contributed by atoms with E-state index in [0.29, 0.717) is 29.6 Å². The van der Waals surface area contributed by atoms with Crippen LogP contribution in [0.2, 0.25) is 0 Å². The van der Waals surface area contributed by atoms with Crippen LogP contribution in [0.3, 0.4) is 0 Å². The van der Waals surface area contributed by atoms with Gasteiger partial charge >= 0.3 is 0 Å². The van der Waals surface area contributed by atoms with Crippen molar-refractivity contribution in [3.05, 3.63) is 18.2 Å². The summed E-state index contributed by atoms with van der Waals surface area (Å²) in [6.07, 6.45) is 10.2. The quantitative estimate of drug-likeness (QED) is 0.552. The molecule has 0 spiro atoms. The molecule has 0 bridgehead atoms. The Morgan fingerprint density at radius 1 is 1.06 bits per heavy atom. The number of carbonyl (C=O) groups excluding carboxylic acids is 1. The number of ketones is 1. The average Bonchev–Trinajstić information content (AvgIpc) is 3.34. The van der Waals surface area contributed by atoms with E-state index in [0.717, 1.165) is 59.9 Å². The summed E-state index contributed by atoms with van der Waals surface area (Å²) in [4.78, 5) is 14.5. The summed E-state index contributed by atoms with van der Waals surface area (Å²) >= 11 is 4.40. The van der Waals surface area contributed by atoms with Crippen molar-refractivity contribution in [2.24, 2.45) is 40.4 Å². The Morgan fingerprint density at radius 3 is 2.68 bits per heavy atom. The molecule has 1 heterocycles. The van der Waals surface area contributed by atoms with E-state index >= 15 is 0 Å². The van der Waals surface area contributed by atoms with Crippen LogP contribution < -0.4 is 0 Å². The first kappa shape index (κ1) is 23.0. The Morgan fingerprint density at radius 2 is 1.85 bits per heavy atom. The van der Waals surface area contributed by atoms with E-state index in [1.165, 1.54) is 25.7 Å². The van der Waals surface area contributed by atoms with Crippen LogP contribution in [0, 0.1) is 40.4 Å². The number of aromatic nitrogens is 3. The molecule has 2 aromatic rings. The molecule has 0 saturated heterocycles. The second-order valence-electron chi connectivity index (χ2n) is 12.9. The van der Waals surface area contributed by atoms with E-state index in [-0.39, 0.29) is 11.3 Å². The molecule has 0 radical (unpaired) electrons. The molecular weight excluding hydrogens is 442 g/mol. The highest BCUT2D eigenvalue weighted by atomic mass is 32.1. The van der Waals surface area contributed by atoms with Gasteiger partial charge in [0.05, 0.1) is 11.1 Å². The molecule has 1 N–H and O–H groups in total. The predicted molar refractivity (Wildman–Crippen MR) is 136 cm³/mol. The lowest BCUT2D eigenvalue weighted by molar-refractivity contribution is -0.151. The first-order valence-electron chi connectivity index (χ1n) is 13.4. The molecule has 8 atom stereocenters. The van der Waals surface area contributed by atoms with Gasteiger partial charge in [-0.25, -0.2) is 4.68 Å². The molecule has 1 aromatic carbocycles. The van der Waals surface area contributed by atoms with Crippen LogP contribution in [0.15, 0.2) is 23.1 Å². The second kappa shape index (κ2) is 7.80. The molecule has 184 valence electrons. The van der Waals surface area contributed by atoms with Crippen molar-refractivity contribution in [2.75, 3.05) is 0 Å². The van der Waals surface area contributed by atoms with Gasteiger partial charge in [0.2, 0.25) is 0 Å². The minimum Gasteiger partial charge on any atom is -0.390 e. The van der Waals surface area contributed by atoms with Gasteiger partial charge < -0.3 is 5.11 Å². The molecule has 0 aliphatic heterocycles. The molecule has 4 fully saturated rings. The molecule has 0 amide bonds. The Bertz CT molecular complexity index is 1130. The monoisotopic (exact) mass is 481 g/mol. The fourth-order valence-corrected chi connectivity index (χ4v) is 9.49. The number of benzene rings is 1. The van der Waals surface area contributed by atoms with Crippen LogP contribution in [0.1, 0.15) is 78.6 Å². The number of thiol groups is 1. The Hall–Kier alpha value is -1.40. The van der Waals surface area contributed by atoms with Crippen molar-refractivity contribution in [1.29, 1.82) is 0 Å². The summed E-state index contributed by atoms with van der Waals surface area (Å²) in [6, 6.07) is 5.81. The van der Waals surface area contributed by atoms with Gasteiger partial charge in [0.1, 0.15) is 12.1 Å². The number of carbonyl (C=O) groups is 1. The third kappa shape index (κ3) is 3.42. The first-order chi connectivity index (χ1) is 16.1. The lowest BCUT2D eigenvalue weighted by atomic mass is 9.44. The minimum absolute atomic E-state index is 0.107. The standard InChI is InChI=1S/C28H39N3O2S/c1-26(33)12-13-27(2)17(15-26)4-6-19-20-7-8-22(28(20,3)11-10-21(19)27)25(32)16-31-24-9-5-18(34)14-23(24)29-30-31/h5,9,14,17,19-22,33-34H,4,6-8,10-13,15-16H2,1-3H3/t17-,19-,20-,21-,22+,26+,27-,28-/m0/s1. The highest BCUT2D eigenvalue weighted by Crippen LogP contribution is 2.68. The van der Waals surface area contributed by atoms with E-state index in [1.807, 2.05) is 25.1 Å². The lowest BCUT2D eigenvalue weighted by Gasteiger charge is -2.61. The summed E-state index contributed by atoms with van der Waals surface area (Å²) in [5.74, 6) is 3.25. The molecule has 4 saturated carbocycles. The van der Waals surface area contributed by atoms with Gasteiger partial charge in [0.25, 0.3) is 0 Å². The van der Waals surface area contributed by atoms with Crippen LogP contribution in [0.5, 0.6) is 0 Å². The number of Topliss-reactive ketones (excluding diaryl/α,β-unsaturated/α-hetero) is 1. The molecule has 4 aliphatic rings. The summed E-state index contributed by atoms with van der Waals surface area (Å²) < 4.78 is 1.79. The number of aliphatic hydroxyl groups is 1. The van der Waals surface area contributed by atoms with Crippen LogP contribution in [0.4, 0.5) is 0 Å². The maximum atomic E-state index is 13.7. The van der Waals surface area contributed by atoms with Crippen molar-refractivity contribution in [2.45, 2.75) is 95.6 Å². The molecule has 34 heavy (non-hydrogen) atoms. The van der Waals surface area contributed by atoms with Gasteiger partial charge in [-0.2, -0.15) is 0 Å². The summed E-state index contributed by atoms with van der Waals surface area (Å²) in [5, 5.41) is 19.3. The van der Waals surface area contributed by atoms with E-state index in [9.17, 15) is 9.90 Å². The van der Waals surface area contributed by atoms with Gasteiger partial charge in [-0.1, -0.05) is 19.1 Å². The lowest BCUT2D eigenvalue weighted by Crippen LogP contribution is -2.55. The van der Waals surface area contributed by atoms with Crippen LogP contribution in [0.25, 0.3) is 11.0 Å². The van der Waals surface area contributed by atoms with Gasteiger partial charge in [-0.05, 0) is 117 Å². The fraction of sp³-hybridized carbons (Fsp3) is 0.750. The number of hydrogen-bond donors (Lipinski definition) is 2. The smallest absolute Gasteiger partial charge is 0.157 e. The Balaban J connectivity index is 1.21. The van der Waals surface area contributed by atoms with Crippen molar-refractivity contribution in [3.63, 3.8) is 0 Å². The van der Waals surface area contributed by atoms with Gasteiger partial charge in [-0.15, -0.1) is 17.7 Å². The normalized spacial score (nSPS) is 43.9. The van der Waals surface area contributed by atoms with E-state index < -0.39 is 5.60 Å². The number of nitrogens with zero attached hydrogens (tertiary/aromatic N) is 3. The minimum atomic E-state index is -0.481. The van der Waals surface area contributed by atoms with Crippen LogP contribution >= 0.6 is 12.6 Å². The molecule has 1 aromatic heterocycles. The molecule has 4 aliphatic carbocycles. The number of rotatable bonds is 3. The summed E-state index contributed by atoms with van der Waals surface area (Å²) in [6.45, 7) is 7.32. The van der Waals surface area contributed by atoms with Gasteiger partial charge in [-0.3, -0.25) is 4.79 Å². The van der Waals surface area contributed by atoms with Gasteiger partial charge in [0.15, 0.2) is 5.78 Å². The SMILES string of the molecule is C[C@@]1(O)CC[C@@]2(C)[C@@H](CC[C@@H]3[C@@H]2CC[C@]2(C)[C@@H](C(=O)Cn4nnc5cc(S)ccc54)CC[C@@H]32)C1. The van der Waals surface area contributed by atoms with Crippen molar-refractivity contribution in [1.82, 2.24) is 15.0 Å². The maximum absolute atomic E-state index is 13.7. The topological polar surface area (TPSA) is 68.0 Å². The zero-order valence-corrected chi connectivity index (χ0v) is 21.7. The van der Waals surface area contributed by atoms with E-state index in [2.05, 4.69) is 36.8 Å². The van der Waals surface area contributed by atoms with E-state index in [4.69, 9.17) is 0 Å². The van der Waals surface area contributed by atoms with Gasteiger partial charge in [0, 0.05) is 10.8 Å². The first-order valence-corrected chi connectivity index (χ1v) is 13.8. The second-order valence-corrected chi connectivity index (χ2v) is 13.4. The Labute approximate surface area is 208 Å². The van der Waals surface area contributed by atoms with Crippen molar-refractivity contribution in [3.8, 4) is 0 Å². The largest absolute Gasteiger partial charge is 0.390 e. The molecular formula is C28H39N3O2S. The third-order valence-corrected chi connectivity index (χ3v) is 11.4. The number of hydrogen-bond acceptors (Lipinski definition) is 5. The highest BCUT2D eigenvalue weighted by molar-refractivity contribution is 7.80. The molecule has 0 unspecified atom stereocenters. The summed E-state index contributed by atoms with van der Waals surface area (Å²) in [5.41, 5.74) is 1.70. The zero-order chi connectivity index (χ0) is 23.9. The molecule has 5 nitrogen and oxygen atoms in total. The predicted octanol–water partition coefficient (Wildman–Crippen LogP) is 5.70. The number of fused-ring (bicyclic) bond motifs is 6. The Kier molecular flexibility index (Phi) is 5.28. The van der Waals surface area contributed by atoms with Crippen LogP contribution in [-0.4, -0.2) is 31.5 Å². The van der Waals surface area contributed by atoms with E-state index in [1.54, 1.807) is 4.68 Å².